The number of hydrogen-bond acceptors (Lipinski definition) is 3. The third kappa shape index (κ3) is 3.23. The molecular formula is C17H19N3O. The Morgan fingerprint density at radius 2 is 1.81 bits per heavy atom. The van der Waals surface area contributed by atoms with Crippen molar-refractivity contribution < 1.29 is 5.11 Å². The third-order valence-corrected chi connectivity index (χ3v) is 3.65. The average molecular weight is 281 g/mol. The topological polar surface area (TPSA) is 60.9 Å². The number of aromatic amines is 1. The van der Waals surface area contributed by atoms with E-state index >= 15 is 0 Å². The maximum atomic E-state index is 9.26. The predicted octanol–water partition coefficient (Wildman–Crippen LogP) is 3.14. The number of anilines is 1. The second-order valence-electron chi connectivity index (χ2n) is 5.10. The molecule has 0 saturated heterocycles. The van der Waals surface area contributed by atoms with E-state index in [2.05, 4.69) is 27.4 Å². The van der Waals surface area contributed by atoms with Crippen molar-refractivity contribution >= 4 is 17.0 Å². The van der Waals surface area contributed by atoms with Gasteiger partial charge in [-0.15, -0.1) is 0 Å². The molecule has 3 N–H and O–H groups in total. The minimum Gasteiger partial charge on any atom is -0.396 e. The molecular weight excluding hydrogens is 262 g/mol. The number of aliphatic hydroxyl groups is 1. The molecule has 1 aromatic heterocycles. The molecule has 0 amide bonds. The lowest BCUT2D eigenvalue weighted by Gasteiger charge is -2.16. The number of hydrogen-bond donors (Lipinski definition) is 3. The fourth-order valence-corrected chi connectivity index (χ4v) is 2.52. The Bertz CT molecular complexity index is 660. The van der Waals surface area contributed by atoms with Gasteiger partial charge in [0.15, 0.2) is 0 Å². The van der Waals surface area contributed by atoms with Gasteiger partial charge < -0.3 is 15.4 Å². The average Bonchev–Trinajstić information content (AvgIpc) is 2.95. The molecule has 4 heteroatoms. The third-order valence-electron chi connectivity index (χ3n) is 3.65. The van der Waals surface area contributed by atoms with Crippen molar-refractivity contribution in [3.05, 3.63) is 60.2 Å². The zero-order chi connectivity index (χ0) is 14.5. The number of H-pyrrole nitrogens is 1. The van der Waals surface area contributed by atoms with E-state index in [1.807, 2.05) is 42.5 Å². The number of aliphatic hydroxyl groups excluding tert-OH is 1. The van der Waals surface area contributed by atoms with E-state index in [4.69, 9.17) is 0 Å². The Morgan fingerprint density at radius 1 is 1.05 bits per heavy atom. The van der Waals surface area contributed by atoms with E-state index < -0.39 is 0 Å². The zero-order valence-electron chi connectivity index (χ0n) is 11.8. The number of imidazole rings is 1. The second kappa shape index (κ2) is 6.41. The Morgan fingerprint density at radius 3 is 2.57 bits per heavy atom. The number of para-hydroxylation sites is 2. The number of nitrogens with one attached hydrogen (secondary N) is 2. The summed E-state index contributed by atoms with van der Waals surface area (Å²) in [6, 6.07) is 18.2. The highest BCUT2D eigenvalue weighted by molar-refractivity contribution is 5.77. The number of fused-ring (bicyclic) bond motifs is 1. The summed E-state index contributed by atoms with van der Waals surface area (Å²) in [4.78, 5) is 7.77. The number of benzene rings is 2. The molecule has 0 aliphatic rings. The van der Waals surface area contributed by atoms with E-state index in [0.717, 1.165) is 29.9 Å². The molecule has 2 aromatic carbocycles. The monoisotopic (exact) mass is 281 g/mol. The standard InChI is InChI=1S/C17H19N3O/c21-11-10-14(13-6-2-1-3-7-13)12-18-17-19-15-8-4-5-9-16(15)20-17/h1-9,14,21H,10-12H2,(H2,18,19,20). The first-order chi connectivity index (χ1) is 10.4. The molecule has 1 heterocycles. The lowest BCUT2D eigenvalue weighted by Crippen LogP contribution is -2.14. The van der Waals surface area contributed by atoms with Crippen molar-refractivity contribution in [3.8, 4) is 0 Å². The van der Waals surface area contributed by atoms with Gasteiger partial charge in [0.1, 0.15) is 0 Å². The van der Waals surface area contributed by atoms with Gasteiger partial charge in [-0.3, -0.25) is 0 Å². The summed E-state index contributed by atoms with van der Waals surface area (Å²) in [5.41, 5.74) is 3.21. The van der Waals surface area contributed by atoms with Gasteiger partial charge in [-0.1, -0.05) is 42.5 Å². The van der Waals surface area contributed by atoms with Crippen LogP contribution in [0.15, 0.2) is 54.6 Å². The summed E-state index contributed by atoms with van der Waals surface area (Å²) in [6.07, 6.45) is 0.733. The van der Waals surface area contributed by atoms with Crippen LogP contribution in [0.2, 0.25) is 0 Å². The Hall–Kier alpha value is -2.33. The molecule has 0 radical (unpaired) electrons. The van der Waals surface area contributed by atoms with Crippen LogP contribution in [0, 0.1) is 0 Å². The van der Waals surface area contributed by atoms with Gasteiger partial charge in [0.25, 0.3) is 0 Å². The fourth-order valence-electron chi connectivity index (χ4n) is 2.52. The van der Waals surface area contributed by atoms with Gasteiger partial charge in [-0.05, 0) is 24.1 Å². The van der Waals surface area contributed by atoms with Gasteiger partial charge in [-0.2, -0.15) is 0 Å². The first kappa shape index (κ1) is 13.6. The summed E-state index contributed by atoms with van der Waals surface area (Å²) in [5, 5.41) is 12.6. The maximum Gasteiger partial charge on any atom is 0.201 e. The molecule has 0 fully saturated rings. The molecule has 3 rings (SSSR count). The van der Waals surface area contributed by atoms with E-state index in [9.17, 15) is 5.11 Å². The molecule has 0 spiro atoms. The summed E-state index contributed by atoms with van der Waals surface area (Å²) in [7, 11) is 0. The largest absolute Gasteiger partial charge is 0.396 e. The molecule has 1 unspecified atom stereocenters. The molecule has 0 bridgehead atoms. The summed E-state index contributed by atoms with van der Waals surface area (Å²) in [5.74, 6) is 1.04. The highest BCUT2D eigenvalue weighted by atomic mass is 16.3. The minimum absolute atomic E-state index is 0.182. The number of rotatable bonds is 6. The van der Waals surface area contributed by atoms with Crippen molar-refractivity contribution in [3.63, 3.8) is 0 Å². The van der Waals surface area contributed by atoms with Crippen LogP contribution in [-0.4, -0.2) is 28.2 Å². The van der Waals surface area contributed by atoms with Crippen LogP contribution in [-0.2, 0) is 0 Å². The lowest BCUT2D eigenvalue weighted by molar-refractivity contribution is 0.277. The van der Waals surface area contributed by atoms with Crippen LogP contribution in [0.4, 0.5) is 5.95 Å². The lowest BCUT2D eigenvalue weighted by atomic mass is 9.96. The summed E-state index contributed by atoms with van der Waals surface area (Å²) in [6.45, 7) is 0.922. The van der Waals surface area contributed by atoms with Crippen molar-refractivity contribution in [1.29, 1.82) is 0 Å². The van der Waals surface area contributed by atoms with Gasteiger partial charge >= 0.3 is 0 Å². The van der Waals surface area contributed by atoms with Crippen LogP contribution in [0.5, 0.6) is 0 Å². The second-order valence-corrected chi connectivity index (χ2v) is 5.10. The van der Waals surface area contributed by atoms with Gasteiger partial charge in [0.05, 0.1) is 11.0 Å². The molecule has 21 heavy (non-hydrogen) atoms. The molecule has 108 valence electrons. The summed E-state index contributed by atoms with van der Waals surface area (Å²) < 4.78 is 0. The highest BCUT2D eigenvalue weighted by Crippen LogP contribution is 2.20. The SMILES string of the molecule is OCCC(CNc1nc2ccccc2[nH]1)c1ccccc1. The van der Waals surface area contributed by atoms with Crippen LogP contribution in [0.1, 0.15) is 17.9 Å². The fraction of sp³-hybridized carbons (Fsp3) is 0.235. The summed E-state index contributed by atoms with van der Waals surface area (Å²) >= 11 is 0. The molecule has 3 aromatic rings. The van der Waals surface area contributed by atoms with E-state index in [0.29, 0.717) is 0 Å². The van der Waals surface area contributed by atoms with Crippen LogP contribution < -0.4 is 5.32 Å². The quantitative estimate of drug-likeness (QED) is 0.650. The first-order valence-corrected chi connectivity index (χ1v) is 7.21. The zero-order valence-corrected chi connectivity index (χ0v) is 11.8. The number of nitrogens with zero attached hydrogens (tertiary/aromatic N) is 1. The Labute approximate surface area is 123 Å². The van der Waals surface area contributed by atoms with E-state index in [1.165, 1.54) is 5.56 Å². The predicted molar refractivity (Wildman–Crippen MR) is 85.5 cm³/mol. The molecule has 0 saturated carbocycles. The molecule has 1 atom stereocenters. The smallest absolute Gasteiger partial charge is 0.201 e. The van der Waals surface area contributed by atoms with Crippen LogP contribution >= 0.6 is 0 Å². The normalized spacial score (nSPS) is 12.4. The van der Waals surface area contributed by atoms with Gasteiger partial charge in [-0.25, -0.2) is 4.98 Å². The van der Waals surface area contributed by atoms with Gasteiger partial charge in [0.2, 0.25) is 5.95 Å². The van der Waals surface area contributed by atoms with Gasteiger partial charge in [0, 0.05) is 19.1 Å². The van der Waals surface area contributed by atoms with Crippen LogP contribution in [0.25, 0.3) is 11.0 Å². The maximum absolute atomic E-state index is 9.26. The van der Waals surface area contributed by atoms with E-state index in [-0.39, 0.29) is 12.5 Å². The molecule has 0 aliphatic heterocycles. The Balaban J connectivity index is 1.71. The van der Waals surface area contributed by atoms with Crippen LogP contribution in [0.3, 0.4) is 0 Å². The molecule has 4 nitrogen and oxygen atoms in total. The molecule has 0 aliphatic carbocycles. The van der Waals surface area contributed by atoms with Crippen molar-refractivity contribution in [2.24, 2.45) is 0 Å². The van der Waals surface area contributed by atoms with E-state index in [1.54, 1.807) is 0 Å². The first-order valence-electron chi connectivity index (χ1n) is 7.21. The van der Waals surface area contributed by atoms with Crippen molar-refractivity contribution in [1.82, 2.24) is 9.97 Å². The van der Waals surface area contributed by atoms with Crippen molar-refractivity contribution in [2.45, 2.75) is 12.3 Å². The van der Waals surface area contributed by atoms with Crippen molar-refractivity contribution in [2.75, 3.05) is 18.5 Å². The minimum atomic E-state index is 0.182. The Kier molecular flexibility index (Phi) is 4.17. The number of aromatic nitrogens is 2. The highest BCUT2D eigenvalue weighted by Gasteiger charge is 2.11.